The zero-order chi connectivity index (χ0) is 42.1. The summed E-state index contributed by atoms with van der Waals surface area (Å²) in [6.45, 7) is 4.82. The van der Waals surface area contributed by atoms with E-state index in [2.05, 4.69) is 38.2 Å². The molecule has 2 atom stereocenters. The molecule has 0 saturated carbocycles. The van der Waals surface area contributed by atoms with Gasteiger partial charge in [-0.1, -0.05) is 173 Å². The summed E-state index contributed by atoms with van der Waals surface area (Å²) in [6.07, 6.45) is 41.2. The number of rotatable bonds is 43. The van der Waals surface area contributed by atoms with Crippen molar-refractivity contribution < 1.29 is 42.9 Å². The molecule has 0 aromatic heterocycles. The van der Waals surface area contributed by atoms with Crippen LogP contribution in [0.15, 0.2) is 24.3 Å². The van der Waals surface area contributed by atoms with Crippen LogP contribution in [0.4, 0.5) is 0 Å². The van der Waals surface area contributed by atoms with Crippen molar-refractivity contribution in [3.63, 3.8) is 0 Å². The lowest BCUT2D eigenvalue weighted by atomic mass is 10.0. The van der Waals surface area contributed by atoms with Gasteiger partial charge in [-0.25, -0.2) is 4.79 Å². The normalized spacial score (nSPS) is 13.1. The molecule has 57 heavy (non-hydrogen) atoms. The Morgan fingerprint density at radius 3 is 1.39 bits per heavy atom. The van der Waals surface area contributed by atoms with E-state index in [9.17, 15) is 19.5 Å². The van der Waals surface area contributed by atoms with Crippen molar-refractivity contribution in [1.82, 2.24) is 0 Å². The Labute approximate surface area is 350 Å². The molecule has 334 valence electrons. The minimum absolute atomic E-state index is 0.179. The second-order valence-electron chi connectivity index (χ2n) is 17.1. The number of carboxylic acid groups (broad SMARTS) is 1. The second-order valence-corrected chi connectivity index (χ2v) is 17.1. The molecular formula is C48H90NO8+. The fraction of sp³-hybridized carbons (Fsp3) is 0.854. The first-order valence-corrected chi connectivity index (χ1v) is 23.5. The maximum atomic E-state index is 12.7. The van der Waals surface area contributed by atoms with Crippen LogP contribution in [0.25, 0.3) is 0 Å². The predicted molar refractivity (Wildman–Crippen MR) is 235 cm³/mol. The minimum atomic E-state index is -1.50. The molecule has 0 rings (SSSR count). The number of nitrogens with zero attached hydrogens (tertiary/aromatic N) is 1. The first-order chi connectivity index (χ1) is 27.6. The molecule has 9 nitrogen and oxygen atoms in total. The zero-order valence-electron chi connectivity index (χ0n) is 37.8. The van der Waals surface area contributed by atoms with Crippen LogP contribution >= 0.6 is 0 Å². The molecule has 9 heteroatoms. The number of hydrogen-bond acceptors (Lipinski definition) is 7. The van der Waals surface area contributed by atoms with E-state index in [0.717, 1.165) is 44.9 Å². The van der Waals surface area contributed by atoms with Gasteiger partial charge in [0.1, 0.15) is 13.2 Å². The highest BCUT2D eigenvalue weighted by atomic mass is 16.7. The SMILES string of the molecule is CCCCCCC/C=C\C/C=C\CCCCCCCCCCCCCCCC(=O)OC(COC(=O)CCCCCCCCC)COC(OCC[N+](C)(C)C)C(=O)O. The molecule has 0 heterocycles. The first kappa shape index (κ1) is 54.8. The summed E-state index contributed by atoms with van der Waals surface area (Å²) < 4.78 is 22.6. The van der Waals surface area contributed by atoms with E-state index in [1.807, 2.05) is 21.1 Å². The summed E-state index contributed by atoms with van der Waals surface area (Å²) in [7, 11) is 5.95. The first-order valence-electron chi connectivity index (χ1n) is 23.5. The Hall–Kier alpha value is -2.23. The average molecular weight is 809 g/mol. The lowest BCUT2D eigenvalue weighted by Crippen LogP contribution is -2.40. The molecule has 0 saturated heterocycles. The molecule has 0 fully saturated rings. The van der Waals surface area contributed by atoms with Crippen LogP contribution < -0.4 is 0 Å². The van der Waals surface area contributed by atoms with Crippen molar-refractivity contribution in [2.75, 3.05) is 47.5 Å². The largest absolute Gasteiger partial charge is 0.477 e. The van der Waals surface area contributed by atoms with Gasteiger partial charge in [0.15, 0.2) is 6.10 Å². The van der Waals surface area contributed by atoms with Gasteiger partial charge in [-0.05, 0) is 44.9 Å². The molecule has 0 bridgehead atoms. The highest BCUT2D eigenvalue weighted by molar-refractivity contribution is 5.71. The third-order valence-corrected chi connectivity index (χ3v) is 10.2. The summed E-state index contributed by atoms with van der Waals surface area (Å²) in [6, 6.07) is 0. The maximum absolute atomic E-state index is 12.7. The van der Waals surface area contributed by atoms with E-state index in [1.54, 1.807) is 0 Å². The third kappa shape index (κ3) is 41.7. The summed E-state index contributed by atoms with van der Waals surface area (Å²) in [5, 5.41) is 9.61. The summed E-state index contributed by atoms with van der Waals surface area (Å²) in [4.78, 5) is 36.9. The van der Waals surface area contributed by atoms with Gasteiger partial charge < -0.3 is 28.5 Å². The van der Waals surface area contributed by atoms with Gasteiger partial charge in [-0.3, -0.25) is 9.59 Å². The topological polar surface area (TPSA) is 108 Å². The Kier molecular flexibility index (Phi) is 39.0. The lowest BCUT2D eigenvalue weighted by Gasteiger charge is -2.25. The standard InChI is InChI=1S/C48H89NO8/c1-6-8-10-12-14-15-16-17-18-19-20-21-22-23-24-25-26-27-28-29-30-31-33-35-37-39-46(51)57-44(42-55-45(50)38-36-34-32-13-11-9-7-2)43-56-48(47(52)53)54-41-40-49(3,4)5/h16-17,19-20,44,48H,6-15,18,21-43H2,1-5H3/p+1/b17-16-,20-19-. The highest BCUT2D eigenvalue weighted by Crippen LogP contribution is 2.15. The van der Waals surface area contributed by atoms with Gasteiger partial charge in [0.05, 0.1) is 34.4 Å². The predicted octanol–water partition coefficient (Wildman–Crippen LogP) is 12.4. The Bertz CT molecular complexity index is 991. The zero-order valence-corrected chi connectivity index (χ0v) is 37.8. The third-order valence-electron chi connectivity index (χ3n) is 10.2. The molecular weight excluding hydrogens is 719 g/mol. The Morgan fingerprint density at radius 2 is 0.947 bits per heavy atom. The van der Waals surface area contributed by atoms with E-state index < -0.39 is 24.3 Å². The van der Waals surface area contributed by atoms with Crippen molar-refractivity contribution in [1.29, 1.82) is 0 Å². The van der Waals surface area contributed by atoms with Crippen LogP contribution in [0.2, 0.25) is 0 Å². The van der Waals surface area contributed by atoms with Gasteiger partial charge >= 0.3 is 17.9 Å². The summed E-state index contributed by atoms with van der Waals surface area (Å²) in [5.74, 6) is -2.01. The number of likely N-dealkylation sites (N-methyl/N-ethyl adjacent to an activating group) is 1. The van der Waals surface area contributed by atoms with Crippen LogP contribution in [0.3, 0.4) is 0 Å². The number of aliphatic carboxylic acids is 1. The fourth-order valence-electron chi connectivity index (χ4n) is 6.51. The molecule has 0 aliphatic carbocycles. The van der Waals surface area contributed by atoms with Gasteiger partial charge in [0.2, 0.25) is 0 Å². The van der Waals surface area contributed by atoms with Crippen molar-refractivity contribution in [2.45, 2.75) is 219 Å². The number of hydrogen-bond donors (Lipinski definition) is 1. The highest BCUT2D eigenvalue weighted by Gasteiger charge is 2.25. The fourth-order valence-corrected chi connectivity index (χ4v) is 6.51. The number of allylic oxidation sites excluding steroid dienone is 4. The van der Waals surface area contributed by atoms with E-state index in [-0.39, 0.29) is 32.2 Å². The number of carbonyl (C=O) groups excluding carboxylic acids is 2. The second kappa shape index (κ2) is 40.5. The van der Waals surface area contributed by atoms with Gasteiger partial charge in [-0.15, -0.1) is 0 Å². The number of unbranched alkanes of at least 4 members (excludes halogenated alkanes) is 24. The van der Waals surface area contributed by atoms with E-state index in [0.29, 0.717) is 17.4 Å². The number of ether oxygens (including phenoxy) is 4. The van der Waals surface area contributed by atoms with Crippen LogP contribution in [0.1, 0.15) is 206 Å². The van der Waals surface area contributed by atoms with Crippen molar-refractivity contribution in [2.24, 2.45) is 0 Å². The molecule has 0 aliphatic heterocycles. The average Bonchev–Trinajstić information content (AvgIpc) is 3.17. The molecule has 0 aromatic rings. The van der Waals surface area contributed by atoms with Crippen LogP contribution in [-0.4, -0.2) is 87.4 Å². The molecule has 2 unspecified atom stereocenters. The van der Waals surface area contributed by atoms with E-state index in [1.165, 1.54) is 135 Å². The Balaban J connectivity index is 4.16. The summed E-state index contributed by atoms with van der Waals surface area (Å²) in [5.41, 5.74) is 0. The van der Waals surface area contributed by atoms with Crippen LogP contribution in [0, 0.1) is 0 Å². The smallest absolute Gasteiger partial charge is 0.361 e. The van der Waals surface area contributed by atoms with Crippen molar-refractivity contribution >= 4 is 17.9 Å². The van der Waals surface area contributed by atoms with Gasteiger partial charge in [0.25, 0.3) is 6.29 Å². The number of carboxylic acids is 1. The molecule has 1 N–H and O–H groups in total. The monoisotopic (exact) mass is 809 g/mol. The number of quaternary nitrogens is 1. The minimum Gasteiger partial charge on any atom is -0.477 e. The molecule has 0 amide bonds. The lowest BCUT2D eigenvalue weighted by molar-refractivity contribution is -0.870. The molecule has 0 radical (unpaired) electrons. The van der Waals surface area contributed by atoms with E-state index in [4.69, 9.17) is 18.9 Å². The quantitative estimate of drug-likeness (QED) is 0.0213. The van der Waals surface area contributed by atoms with E-state index >= 15 is 0 Å². The van der Waals surface area contributed by atoms with Gasteiger partial charge in [-0.2, -0.15) is 0 Å². The van der Waals surface area contributed by atoms with Gasteiger partial charge in [0, 0.05) is 12.8 Å². The summed E-state index contributed by atoms with van der Waals surface area (Å²) >= 11 is 0. The molecule has 0 aliphatic rings. The molecule has 0 spiro atoms. The van der Waals surface area contributed by atoms with Crippen LogP contribution in [0.5, 0.6) is 0 Å². The molecule has 0 aromatic carbocycles. The van der Waals surface area contributed by atoms with Crippen molar-refractivity contribution in [3.05, 3.63) is 24.3 Å². The van der Waals surface area contributed by atoms with Crippen LogP contribution in [-0.2, 0) is 33.3 Å². The number of carbonyl (C=O) groups is 3. The maximum Gasteiger partial charge on any atom is 0.361 e. The number of esters is 2. The van der Waals surface area contributed by atoms with Crippen molar-refractivity contribution in [3.8, 4) is 0 Å². The Morgan fingerprint density at radius 1 is 0.526 bits per heavy atom.